The molecular formula is C21H25N5O. The first-order valence-corrected chi connectivity index (χ1v) is 9.20. The molecule has 0 fully saturated rings. The number of para-hydroxylation sites is 1. The molecule has 140 valence electrons. The molecule has 2 N–H and O–H groups in total. The lowest BCUT2D eigenvalue weighted by Crippen LogP contribution is -2.22. The average Bonchev–Trinajstić information content (AvgIpc) is 3.12. The van der Waals surface area contributed by atoms with Gasteiger partial charge in [0.05, 0.1) is 16.9 Å². The zero-order chi connectivity index (χ0) is 19.2. The second kappa shape index (κ2) is 8.49. The monoisotopic (exact) mass is 363 g/mol. The number of hydrogen-bond acceptors (Lipinski definition) is 4. The number of rotatable bonds is 7. The Hall–Kier alpha value is -3.15. The lowest BCUT2D eigenvalue weighted by molar-refractivity contribution is 0.0955. The third kappa shape index (κ3) is 4.53. The van der Waals surface area contributed by atoms with Crippen LogP contribution in [0.4, 0.5) is 5.82 Å². The summed E-state index contributed by atoms with van der Waals surface area (Å²) in [7, 11) is 0. The summed E-state index contributed by atoms with van der Waals surface area (Å²) in [6, 6.07) is 13.7. The zero-order valence-corrected chi connectivity index (χ0v) is 15.9. The number of pyridine rings is 1. The molecule has 6 nitrogen and oxygen atoms in total. The van der Waals surface area contributed by atoms with Crippen molar-refractivity contribution in [3.05, 3.63) is 71.7 Å². The van der Waals surface area contributed by atoms with Crippen LogP contribution in [0.2, 0.25) is 0 Å². The smallest absolute Gasteiger partial charge is 0.252 e. The minimum atomic E-state index is -0.109. The van der Waals surface area contributed by atoms with Gasteiger partial charge in [-0.2, -0.15) is 5.10 Å². The molecule has 0 aliphatic rings. The minimum Gasteiger partial charge on any atom is -0.366 e. The molecule has 0 bridgehead atoms. The van der Waals surface area contributed by atoms with Crippen LogP contribution in [0, 0.1) is 0 Å². The van der Waals surface area contributed by atoms with Crippen LogP contribution in [-0.2, 0) is 6.54 Å². The summed E-state index contributed by atoms with van der Waals surface area (Å²) in [5.41, 5.74) is 3.78. The van der Waals surface area contributed by atoms with Gasteiger partial charge in [-0.3, -0.25) is 4.79 Å². The molecule has 27 heavy (non-hydrogen) atoms. The Morgan fingerprint density at radius 2 is 1.93 bits per heavy atom. The lowest BCUT2D eigenvalue weighted by atomic mass is 10.1. The van der Waals surface area contributed by atoms with Gasteiger partial charge in [0.15, 0.2) is 0 Å². The van der Waals surface area contributed by atoms with Crippen LogP contribution < -0.4 is 10.6 Å². The Balaban J connectivity index is 1.73. The molecular weight excluding hydrogens is 338 g/mol. The molecule has 0 aliphatic carbocycles. The third-order valence-corrected chi connectivity index (χ3v) is 4.21. The molecule has 3 rings (SSSR count). The molecule has 6 heteroatoms. The first-order chi connectivity index (χ1) is 13.1. The van der Waals surface area contributed by atoms with Gasteiger partial charge < -0.3 is 10.6 Å². The van der Waals surface area contributed by atoms with Gasteiger partial charge in [-0.25, -0.2) is 9.67 Å². The van der Waals surface area contributed by atoms with Crippen molar-refractivity contribution in [3.8, 4) is 5.69 Å². The standard InChI is InChI=1S/C21H25N5O/c1-4-22-21(27)16-10-11-19(23-12-16)24-13-17-14-26(25-20(17)15(2)3)18-8-6-5-7-9-18/h5-12,14-15H,4,13H2,1-3H3,(H,22,27)(H,23,24). The highest BCUT2D eigenvalue weighted by Gasteiger charge is 2.13. The van der Waals surface area contributed by atoms with Gasteiger partial charge in [-0.1, -0.05) is 32.0 Å². The largest absolute Gasteiger partial charge is 0.366 e. The van der Waals surface area contributed by atoms with Gasteiger partial charge in [0, 0.05) is 31.0 Å². The summed E-state index contributed by atoms with van der Waals surface area (Å²) in [5, 5.41) is 10.8. The van der Waals surface area contributed by atoms with Crippen molar-refractivity contribution < 1.29 is 4.79 Å². The van der Waals surface area contributed by atoms with Crippen LogP contribution in [0.15, 0.2) is 54.9 Å². The summed E-state index contributed by atoms with van der Waals surface area (Å²) in [6.45, 7) is 7.39. The van der Waals surface area contributed by atoms with Crippen LogP contribution in [-0.4, -0.2) is 27.2 Å². The van der Waals surface area contributed by atoms with Crippen molar-refractivity contribution in [2.45, 2.75) is 33.2 Å². The number of amides is 1. The molecule has 2 heterocycles. The second-order valence-corrected chi connectivity index (χ2v) is 6.62. The normalized spacial score (nSPS) is 10.8. The van der Waals surface area contributed by atoms with Gasteiger partial charge in [0.1, 0.15) is 5.82 Å². The molecule has 0 aliphatic heterocycles. The molecule has 0 saturated heterocycles. The highest BCUT2D eigenvalue weighted by atomic mass is 16.1. The maximum Gasteiger partial charge on any atom is 0.252 e. The van der Waals surface area contributed by atoms with Crippen LogP contribution in [0.1, 0.15) is 48.3 Å². The minimum absolute atomic E-state index is 0.109. The summed E-state index contributed by atoms with van der Waals surface area (Å²) in [4.78, 5) is 16.1. The van der Waals surface area contributed by atoms with Gasteiger partial charge in [-0.15, -0.1) is 0 Å². The Bertz CT molecular complexity index is 885. The number of hydrogen-bond donors (Lipinski definition) is 2. The van der Waals surface area contributed by atoms with Crippen molar-refractivity contribution in [1.82, 2.24) is 20.1 Å². The topological polar surface area (TPSA) is 71.8 Å². The van der Waals surface area contributed by atoms with Crippen molar-refractivity contribution in [2.24, 2.45) is 0 Å². The van der Waals surface area contributed by atoms with Crippen molar-refractivity contribution in [1.29, 1.82) is 0 Å². The number of carbonyl (C=O) groups excluding carboxylic acids is 1. The maximum atomic E-state index is 11.8. The van der Waals surface area contributed by atoms with Crippen LogP contribution >= 0.6 is 0 Å². The van der Waals surface area contributed by atoms with E-state index in [9.17, 15) is 4.79 Å². The second-order valence-electron chi connectivity index (χ2n) is 6.62. The Kier molecular flexibility index (Phi) is 5.86. The molecule has 1 aromatic carbocycles. The fourth-order valence-corrected chi connectivity index (χ4v) is 2.84. The molecule has 0 unspecified atom stereocenters. The van der Waals surface area contributed by atoms with Gasteiger partial charge >= 0.3 is 0 Å². The Labute approximate surface area is 159 Å². The number of aromatic nitrogens is 3. The predicted molar refractivity (Wildman–Crippen MR) is 107 cm³/mol. The highest BCUT2D eigenvalue weighted by Crippen LogP contribution is 2.21. The molecule has 0 atom stereocenters. The number of nitrogens with one attached hydrogen (secondary N) is 2. The maximum absolute atomic E-state index is 11.8. The van der Waals surface area contributed by atoms with E-state index in [1.807, 2.05) is 48.0 Å². The Morgan fingerprint density at radius 3 is 2.56 bits per heavy atom. The van der Waals surface area contributed by atoms with Crippen molar-refractivity contribution >= 4 is 11.7 Å². The van der Waals surface area contributed by atoms with Crippen LogP contribution in [0.25, 0.3) is 5.69 Å². The van der Waals surface area contributed by atoms with Gasteiger partial charge in [0.2, 0.25) is 0 Å². The summed E-state index contributed by atoms with van der Waals surface area (Å²) in [6.07, 6.45) is 3.64. The number of nitrogens with zero attached hydrogens (tertiary/aromatic N) is 3. The van der Waals surface area contributed by atoms with E-state index in [0.29, 0.717) is 24.6 Å². The quantitative estimate of drug-likeness (QED) is 0.670. The average molecular weight is 363 g/mol. The third-order valence-electron chi connectivity index (χ3n) is 4.21. The SMILES string of the molecule is CCNC(=O)c1ccc(NCc2cn(-c3ccccc3)nc2C(C)C)nc1. The molecule has 1 amide bonds. The van der Waals surface area contributed by atoms with E-state index in [2.05, 4.69) is 35.7 Å². The molecule has 0 saturated carbocycles. The van der Waals surface area contributed by atoms with E-state index in [1.165, 1.54) is 0 Å². The van der Waals surface area contributed by atoms with Crippen molar-refractivity contribution in [2.75, 3.05) is 11.9 Å². The fourth-order valence-electron chi connectivity index (χ4n) is 2.84. The summed E-state index contributed by atoms with van der Waals surface area (Å²) >= 11 is 0. The van der Waals surface area contributed by atoms with E-state index in [0.717, 1.165) is 22.8 Å². The zero-order valence-electron chi connectivity index (χ0n) is 15.9. The number of anilines is 1. The predicted octanol–water partition coefficient (Wildman–Crippen LogP) is 3.75. The first-order valence-electron chi connectivity index (χ1n) is 9.20. The Morgan fingerprint density at radius 1 is 1.15 bits per heavy atom. The highest BCUT2D eigenvalue weighted by molar-refractivity contribution is 5.93. The number of benzene rings is 1. The van der Waals surface area contributed by atoms with E-state index in [-0.39, 0.29) is 5.91 Å². The van der Waals surface area contributed by atoms with Crippen LogP contribution in [0.3, 0.4) is 0 Å². The number of carbonyl (C=O) groups is 1. The van der Waals surface area contributed by atoms with Gasteiger partial charge in [0.25, 0.3) is 5.91 Å². The van der Waals surface area contributed by atoms with Gasteiger partial charge in [-0.05, 0) is 37.1 Å². The summed E-state index contributed by atoms with van der Waals surface area (Å²) < 4.78 is 1.91. The molecule has 0 radical (unpaired) electrons. The summed E-state index contributed by atoms with van der Waals surface area (Å²) in [5.74, 6) is 0.938. The van der Waals surface area contributed by atoms with E-state index in [1.54, 1.807) is 12.3 Å². The van der Waals surface area contributed by atoms with E-state index < -0.39 is 0 Å². The lowest BCUT2D eigenvalue weighted by Gasteiger charge is -2.08. The molecule has 0 spiro atoms. The van der Waals surface area contributed by atoms with E-state index in [4.69, 9.17) is 5.10 Å². The molecule has 2 aromatic heterocycles. The fraction of sp³-hybridized carbons (Fsp3) is 0.286. The molecule has 3 aromatic rings. The van der Waals surface area contributed by atoms with Crippen molar-refractivity contribution in [3.63, 3.8) is 0 Å². The van der Waals surface area contributed by atoms with E-state index >= 15 is 0 Å². The van der Waals surface area contributed by atoms with Crippen LogP contribution in [0.5, 0.6) is 0 Å². The first kappa shape index (κ1) is 18.6.